The van der Waals surface area contributed by atoms with E-state index in [4.69, 9.17) is 5.11 Å². The van der Waals surface area contributed by atoms with Gasteiger partial charge in [-0.1, -0.05) is 30.3 Å². The monoisotopic (exact) mass is 242 g/mol. The van der Waals surface area contributed by atoms with Gasteiger partial charge in [0.1, 0.15) is 5.56 Å². The highest BCUT2D eigenvalue weighted by atomic mass is 16.4. The van der Waals surface area contributed by atoms with Crippen LogP contribution in [-0.4, -0.2) is 20.9 Å². The van der Waals surface area contributed by atoms with Crippen molar-refractivity contribution in [1.82, 2.24) is 9.78 Å². The Hall–Kier alpha value is -2.36. The van der Waals surface area contributed by atoms with Gasteiger partial charge in [-0.15, -0.1) is 0 Å². The molecule has 4 nitrogen and oxygen atoms in total. The van der Waals surface area contributed by atoms with E-state index in [9.17, 15) is 4.79 Å². The van der Waals surface area contributed by atoms with Gasteiger partial charge in [-0.3, -0.25) is 4.68 Å². The number of allylic oxidation sites excluding steroid dienone is 1. The minimum atomic E-state index is -0.959. The van der Waals surface area contributed by atoms with Crippen LogP contribution in [0, 0.1) is 0 Å². The Morgan fingerprint density at radius 1 is 1.33 bits per heavy atom. The first-order chi connectivity index (χ1) is 8.59. The number of hydrogen-bond donors (Lipinski definition) is 1. The van der Waals surface area contributed by atoms with E-state index in [1.165, 1.54) is 6.20 Å². The van der Waals surface area contributed by atoms with Crippen molar-refractivity contribution in [2.75, 3.05) is 0 Å². The second-order valence-corrected chi connectivity index (χ2v) is 4.07. The maximum Gasteiger partial charge on any atom is 0.339 e. The second-order valence-electron chi connectivity index (χ2n) is 4.07. The molecule has 0 aliphatic rings. The van der Waals surface area contributed by atoms with Crippen LogP contribution in [0.3, 0.4) is 0 Å². The van der Waals surface area contributed by atoms with E-state index in [0.29, 0.717) is 5.69 Å². The van der Waals surface area contributed by atoms with Crippen LogP contribution in [0.25, 0.3) is 11.6 Å². The number of hydrogen-bond acceptors (Lipinski definition) is 2. The number of aromatic carboxylic acids is 1. The van der Waals surface area contributed by atoms with Gasteiger partial charge in [0.15, 0.2) is 0 Å². The van der Waals surface area contributed by atoms with E-state index in [1.54, 1.807) is 11.7 Å². The number of aromatic nitrogens is 2. The molecule has 0 aliphatic carbocycles. The number of benzene rings is 1. The smallest absolute Gasteiger partial charge is 0.339 e. The Labute approximate surface area is 105 Å². The Kier molecular flexibility index (Phi) is 3.28. The molecule has 92 valence electrons. The summed E-state index contributed by atoms with van der Waals surface area (Å²) in [5.41, 5.74) is 2.76. The van der Waals surface area contributed by atoms with E-state index < -0.39 is 5.97 Å². The van der Waals surface area contributed by atoms with E-state index in [0.717, 1.165) is 11.1 Å². The number of carboxylic acids is 1. The quantitative estimate of drug-likeness (QED) is 0.900. The minimum Gasteiger partial charge on any atom is -0.478 e. The molecular formula is C14H14N2O2. The summed E-state index contributed by atoms with van der Waals surface area (Å²) < 4.78 is 1.58. The van der Waals surface area contributed by atoms with Crippen molar-refractivity contribution in [2.45, 2.75) is 6.92 Å². The molecule has 4 heteroatoms. The van der Waals surface area contributed by atoms with Gasteiger partial charge in [0.2, 0.25) is 0 Å². The Morgan fingerprint density at radius 2 is 2.00 bits per heavy atom. The Balaban J connectivity index is 2.46. The molecule has 0 atom stereocenters. The molecule has 2 rings (SSSR count). The van der Waals surface area contributed by atoms with Crippen LogP contribution < -0.4 is 0 Å². The highest BCUT2D eigenvalue weighted by Crippen LogP contribution is 2.20. The topological polar surface area (TPSA) is 55.1 Å². The molecule has 1 N–H and O–H groups in total. The van der Waals surface area contributed by atoms with Crippen molar-refractivity contribution >= 4 is 17.6 Å². The molecule has 0 radical (unpaired) electrons. The largest absolute Gasteiger partial charge is 0.478 e. The molecule has 18 heavy (non-hydrogen) atoms. The predicted octanol–water partition coefficient (Wildman–Crippen LogP) is 2.68. The van der Waals surface area contributed by atoms with Crippen molar-refractivity contribution in [1.29, 1.82) is 0 Å². The third-order valence-electron chi connectivity index (χ3n) is 2.73. The summed E-state index contributed by atoms with van der Waals surface area (Å²) in [5, 5.41) is 13.1. The molecule has 2 aromatic rings. The lowest BCUT2D eigenvalue weighted by atomic mass is 10.1. The summed E-state index contributed by atoms with van der Waals surface area (Å²) in [4.78, 5) is 11.1. The number of nitrogens with zero attached hydrogens (tertiary/aromatic N) is 2. The molecule has 1 aromatic heterocycles. The van der Waals surface area contributed by atoms with E-state index in [2.05, 4.69) is 5.10 Å². The maximum absolute atomic E-state index is 11.1. The molecule has 0 fully saturated rings. The van der Waals surface area contributed by atoms with Gasteiger partial charge in [0.05, 0.1) is 11.9 Å². The van der Waals surface area contributed by atoms with Crippen molar-refractivity contribution < 1.29 is 9.90 Å². The first-order valence-electron chi connectivity index (χ1n) is 5.58. The molecule has 1 aromatic carbocycles. The van der Waals surface area contributed by atoms with E-state index in [-0.39, 0.29) is 5.56 Å². The first-order valence-corrected chi connectivity index (χ1v) is 5.58. The second kappa shape index (κ2) is 4.87. The fourth-order valence-electron chi connectivity index (χ4n) is 1.93. The summed E-state index contributed by atoms with van der Waals surface area (Å²) in [6.07, 6.45) is 3.32. The number of carboxylic acid groups (broad SMARTS) is 1. The van der Waals surface area contributed by atoms with E-state index in [1.807, 2.05) is 43.3 Å². The third-order valence-corrected chi connectivity index (χ3v) is 2.73. The zero-order chi connectivity index (χ0) is 13.1. The molecule has 0 saturated carbocycles. The van der Waals surface area contributed by atoms with Crippen LogP contribution in [0.1, 0.15) is 28.5 Å². The lowest BCUT2D eigenvalue weighted by molar-refractivity contribution is 0.0696. The molecule has 0 spiro atoms. The lowest BCUT2D eigenvalue weighted by Gasteiger charge is -2.04. The summed E-state index contributed by atoms with van der Waals surface area (Å²) in [6, 6.07) is 9.78. The van der Waals surface area contributed by atoms with Gasteiger partial charge < -0.3 is 5.11 Å². The van der Waals surface area contributed by atoms with Crippen LogP contribution in [0.5, 0.6) is 0 Å². The van der Waals surface area contributed by atoms with Crippen LogP contribution in [-0.2, 0) is 7.05 Å². The normalized spacial score (nSPS) is 11.6. The maximum atomic E-state index is 11.1. The third kappa shape index (κ3) is 2.32. The molecule has 0 aliphatic heterocycles. The summed E-state index contributed by atoms with van der Waals surface area (Å²) in [5.74, 6) is -0.959. The first kappa shape index (κ1) is 12.1. The van der Waals surface area contributed by atoms with Gasteiger partial charge in [0, 0.05) is 7.05 Å². The number of aryl methyl sites for hydroxylation is 1. The molecule has 0 bridgehead atoms. The van der Waals surface area contributed by atoms with Gasteiger partial charge in [-0.2, -0.15) is 5.10 Å². The van der Waals surface area contributed by atoms with Crippen LogP contribution >= 0.6 is 0 Å². The summed E-state index contributed by atoms with van der Waals surface area (Å²) in [6.45, 7) is 1.89. The van der Waals surface area contributed by atoms with Crippen molar-refractivity contribution in [3.05, 3.63) is 53.3 Å². The van der Waals surface area contributed by atoms with Crippen molar-refractivity contribution in [3.8, 4) is 0 Å². The Bertz CT molecular complexity index is 598. The average Bonchev–Trinajstić information content (AvgIpc) is 2.72. The molecule has 0 unspecified atom stereocenters. The van der Waals surface area contributed by atoms with Gasteiger partial charge in [0.25, 0.3) is 0 Å². The van der Waals surface area contributed by atoms with Crippen LogP contribution in [0.2, 0.25) is 0 Å². The van der Waals surface area contributed by atoms with Crippen LogP contribution in [0.15, 0.2) is 36.5 Å². The molecule has 0 amide bonds. The molecular weight excluding hydrogens is 228 g/mol. The lowest BCUT2D eigenvalue weighted by Crippen LogP contribution is -2.03. The highest BCUT2D eigenvalue weighted by molar-refractivity contribution is 5.95. The van der Waals surface area contributed by atoms with Crippen LogP contribution in [0.4, 0.5) is 0 Å². The fourth-order valence-corrected chi connectivity index (χ4v) is 1.93. The zero-order valence-corrected chi connectivity index (χ0v) is 10.3. The average molecular weight is 242 g/mol. The summed E-state index contributed by atoms with van der Waals surface area (Å²) in [7, 11) is 1.74. The van der Waals surface area contributed by atoms with Gasteiger partial charge >= 0.3 is 5.97 Å². The van der Waals surface area contributed by atoms with Crippen molar-refractivity contribution in [3.63, 3.8) is 0 Å². The van der Waals surface area contributed by atoms with E-state index >= 15 is 0 Å². The standard InChI is InChI=1S/C14H14N2O2/c1-10(8-11-6-4-3-5-7-11)13-12(14(17)18)9-15-16(13)2/h3-9H,1-2H3,(H,17,18)/b10-8+. The molecule has 1 heterocycles. The summed E-state index contributed by atoms with van der Waals surface area (Å²) >= 11 is 0. The number of rotatable bonds is 3. The predicted molar refractivity (Wildman–Crippen MR) is 70.2 cm³/mol. The highest BCUT2D eigenvalue weighted by Gasteiger charge is 2.15. The van der Waals surface area contributed by atoms with Gasteiger partial charge in [-0.05, 0) is 24.1 Å². The van der Waals surface area contributed by atoms with Gasteiger partial charge in [-0.25, -0.2) is 4.79 Å². The van der Waals surface area contributed by atoms with Crippen molar-refractivity contribution in [2.24, 2.45) is 7.05 Å². The zero-order valence-electron chi connectivity index (χ0n) is 10.3. The number of carbonyl (C=O) groups is 1. The Morgan fingerprint density at radius 3 is 2.61 bits per heavy atom. The molecule has 0 saturated heterocycles. The fraction of sp³-hybridized carbons (Fsp3) is 0.143. The SMILES string of the molecule is C/C(=C\c1ccccc1)c1c(C(=O)O)cnn1C. The minimum absolute atomic E-state index is 0.224.